The number of ether oxygens (including phenoxy) is 1. The van der Waals surface area contributed by atoms with E-state index in [0.717, 1.165) is 11.6 Å². The summed E-state index contributed by atoms with van der Waals surface area (Å²) in [5.74, 6) is -3.38. The molecule has 0 bridgehead atoms. The standard InChI is InChI=1S/C21H19ClF2N2O3/c1-4-29-21(28)15-11-26(13-7-5-12(6-8-13)10-25(2)3)19-14(20(15)27)9-16(23)18(24)17(19)22/h5-9,11H,4,10H2,1-3H3. The van der Waals surface area contributed by atoms with E-state index in [2.05, 4.69) is 0 Å². The number of pyridine rings is 1. The van der Waals surface area contributed by atoms with E-state index in [9.17, 15) is 18.4 Å². The molecule has 0 aliphatic rings. The van der Waals surface area contributed by atoms with Gasteiger partial charge in [0.15, 0.2) is 11.6 Å². The van der Waals surface area contributed by atoms with Gasteiger partial charge in [-0.1, -0.05) is 23.7 Å². The SMILES string of the molecule is CCOC(=O)c1cn(-c2ccc(CN(C)C)cc2)c2c(Cl)c(F)c(F)cc2c1=O. The van der Waals surface area contributed by atoms with Crippen LogP contribution < -0.4 is 5.43 Å². The maximum atomic E-state index is 14.2. The van der Waals surface area contributed by atoms with Gasteiger partial charge in [0, 0.05) is 18.4 Å². The molecule has 1 aromatic heterocycles. The van der Waals surface area contributed by atoms with Crippen LogP contribution in [-0.4, -0.2) is 36.1 Å². The highest BCUT2D eigenvalue weighted by molar-refractivity contribution is 6.35. The molecule has 0 N–H and O–H groups in total. The van der Waals surface area contributed by atoms with Gasteiger partial charge in [0.25, 0.3) is 0 Å². The van der Waals surface area contributed by atoms with Crippen molar-refractivity contribution in [3.63, 3.8) is 0 Å². The Labute approximate surface area is 171 Å². The van der Waals surface area contributed by atoms with Crippen LogP contribution in [0.4, 0.5) is 8.78 Å². The Hall–Kier alpha value is -2.77. The second kappa shape index (κ2) is 8.31. The molecule has 0 saturated heterocycles. The molecule has 1 heterocycles. The molecule has 0 fully saturated rings. The molecule has 152 valence electrons. The van der Waals surface area contributed by atoms with Crippen molar-refractivity contribution in [3.8, 4) is 5.69 Å². The largest absolute Gasteiger partial charge is 0.462 e. The minimum Gasteiger partial charge on any atom is -0.462 e. The molecule has 2 aromatic carbocycles. The highest BCUT2D eigenvalue weighted by Crippen LogP contribution is 2.29. The number of rotatable bonds is 5. The average molecular weight is 421 g/mol. The summed E-state index contributed by atoms with van der Waals surface area (Å²) in [6.07, 6.45) is 1.24. The second-order valence-electron chi connectivity index (χ2n) is 6.75. The van der Waals surface area contributed by atoms with E-state index in [0.29, 0.717) is 12.2 Å². The third-order valence-corrected chi connectivity index (χ3v) is 4.68. The van der Waals surface area contributed by atoms with Gasteiger partial charge in [0.1, 0.15) is 10.6 Å². The number of hydrogen-bond donors (Lipinski definition) is 0. The number of carbonyl (C=O) groups is 1. The summed E-state index contributed by atoms with van der Waals surface area (Å²) in [4.78, 5) is 27.0. The molecular weight excluding hydrogens is 402 g/mol. The number of benzene rings is 2. The van der Waals surface area contributed by atoms with Gasteiger partial charge >= 0.3 is 5.97 Å². The lowest BCUT2D eigenvalue weighted by atomic mass is 10.1. The summed E-state index contributed by atoms with van der Waals surface area (Å²) < 4.78 is 34.4. The summed E-state index contributed by atoms with van der Waals surface area (Å²) in [5, 5.41) is -0.748. The zero-order valence-electron chi connectivity index (χ0n) is 16.1. The lowest BCUT2D eigenvalue weighted by molar-refractivity contribution is 0.0524. The predicted octanol–water partition coefficient (Wildman–Crippen LogP) is 4.16. The van der Waals surface area contributed by atoms with Crippen LogP contribution in [0.2, 0.25) is 5.02 Å². The zero-order chi connectivity index (χ0) is 21.3. The number of fused-ring (bicyclic) bond motifs is 1. The molecule has 0 aliphatic heterocycles. The third kappa shape index (κ3) is 4.02. The van der Waals surface area contributed by atoms with Crippen LogP contribution in [0.3, 0.4) is 0 Å². The fourth-order valence-electron chi connectivity index (χ4n) is 3.08. The number of halogens is 3. The van der Waals surface area contributed by atoms with E-state index >= 15 is 0 Å². The molecule has 3 rings (SSSR count). The summed E-state index contributed by atoms with van der Waals surface area (Å²) in [5.41, 5.74) is 0.455. The van der Waals surface area contributed by atoms with E-state index < -0.39 is 28.1 Å². The van der Waals surface area contributed by atoms with Gasteiger partial charge in [0.2, 0.25) is 5.43 Å². The normalized spacial score (nSPS) is 11.3. The van der Waals surface area contributed by atoms with Crippen LogP contribution in [0.25, 0.3) is 16.6 Å². The molecule has 0 amide bonds. The van der Waals surface area contributed by atoms with Crippen molar-refractivity contribution >= 4 is 28.5 Å². The van der Waals surface area contributed by atoms with Gasteiger partial charge in [-0.2, -0.15) is 0 Å². The van der Waals surface area contributed by atoms with Crippen LogP contribution in [0.5, 0.6) is 0 Å². The maximum absolute atomic E-state index is 14.2. The van der Waals surface area contributed by atoms with Crippen molar-refractivity contribution in [2.45, 2.75) is 13.5 Å². The first-order chi connectivity index (χ1) is 13.7. The van der Waals surface area contributed by atoms with E-state index in [-0.39, 0.29) is 23.1 Å². The Morgan fingerprint density at radius 2 is 1.86 bits per heavy atom. The molecule has 8 heteroatoms. The topological polar surface area (TPSA) is 51.5 Å². The molecule has 29 heavy (non-hydrogen) atoms. The minimum absolute atomic E-state index is 0.0241. The summed E-state index contributed by atoms with van der Waals surface area (Å²) in [7, 11) is 3.87. The molecule has 3 aromatic rings. The van der Waals surface area contributed by atoms with Crippen molar-refractivity contribution in [3.05, 3.63) is 74.5 Å². The summed E-state index contributed by atoms with van der Waals surface area (Å²) in [6, 6.07) is 7.96. The average Bonchev–Trinajstić information content (AvgIpc) is 2.67. The Morgan fingerprint density at radius 3 is 2.45 bits per heavy atom. The Kier molecular flexibility index (Phi) is 6.00. The van der Waals surface area contributed by atoms with E-state index in [1.807, 2.05) is 31.1 Å². The molecule has 5 nitrogen and oxygen atoms in total. The first-order valence-electron chi connectivity index (χ1n) is 8.88. The van der Waals surface area contributed by atoms with Crippen molar-refractivity contribution < 1.29 is 18.3 Å². The highest BCUT2D eigenvalue weighted by atomic mass is 35.5. The zero-order valence-corrected chi connectivity index (χ0v) is 16.9. The van der Waals surface area contributed by atoms with Crippen molar-refractivity contribution in [2.75, 3.05) is 20.7 Å². The first kappa shape index (κ1) is 21.0. The van der Waals surface area contributed by atoms with Crippen LogP contribution in [0.15, 0.2) is 41.3 Å². The number of hydrogen-bond acceptors (Lipinski definition) is 4. The molecule has 0 spiro atoms. The lowest BCUT2D eigenvalue weighted by Crippen LogP contribution is -2.21. The molecule has 0 radical (unpaired) electrons. The molecule has 0 atom stereocenters. The smallest absolute Gasteiger partial charge is 0.343 e. The van der Waals surface area contributed by atoms with E-state index in [1.165, 1.54) is 10.8 Å². The van der Waals surface area contributed by atoms with Crippen LogP contribution >= 0.6 is 11.6 Å². The molecule has 0 unspecified atom stereocenters. The van der Waals surface area contributed by atoms with E-state index in [1.54, 1.807) is 19.1 Å². The monoisotopic (exact) mass is 420 g/mol. The number of carbonyl (C=O) groups excluding carboxylic acids is 1. The van der Waals surface area contributed by atoms with Gasteiger partial charge in [-0.25, -0.2) is 13.6 Å². The van der Waals surface area contributed by atoms with Crippen molar-refractivity contribution in [2.24, 2.45) is 0 Å². The second-order valence-corrected chi connectivity index (χ2v) is 7.13. The van der Waals surface area contributed by atoms with Gasteiger partial charge in [0.05, 0.1) is 17.5 Å². The summed E-state index contributed by atoms with van der Waals surface area (Å²) in [6.45, 7) is 2.38. The minimum atomic E-state index is -1.27. The van der Waals surface area contributed by atoms with E-state index in [4.69, 9.17) is 16.3 Å². The predicted molar refractivity (Wildman–Crippen MR) is 108 cm³/mol. The van der Waals surface area contributed by atoms with Crippen molar-refractivity contribution in [1.29, 1.82) is 0 Å². The Bertz CT molecular complexity index is 1140. The van der Waals surface area contributed by atoms with Crippen LogP contribution in [0, 0.1) is 11.6 Å². The fourth-order valence-corrected chi connectivity index (χ4v) is 3.36. The maximum Gasteiger partial charge on any atom is 0.343 e. The fraction of sp³-hybridized carbons (Fsp3) is 0.238. The van der Waals surface area contributed by atoms with Gasteiger partial charge in [-0.3, -0.25) is 4.79 Å². The number of esters is 1. The molecular formula is C21H19ClF2N2O3. The van der Waals surface area contributed by atoms with Crippen LogP contribution in [0.1, 0.15) is 22.8 Å². The van der Waals surface area contributed by atoms with Gasteiger partial charge < -0.3 is 14.2 Å². The summed E-state index contributed by atoms with van der Waals surface area (Å²) >= 11 is 6.05. The molecule has 0 saturated carbocycles. The third-order valence-electron chi connectivity index (χ3n) is 4.33. The number of nitrogens with zero attached hydrogens (tertiary/aromatic N) is 2. The van der Waals surface area contributed by atoms with Gasteiger partial charge in [-0.05, 0) is 44.8 Å². The molecule has 0 aliphatic carbocycles. The quantitative estimate of drug-likeness (QED) is 0.459. The highest BCUT2D eigenvalue weighted by Gasteiger charge is 2.22. The Morgan fingerprint density at radius 1 is 1.21 bits per heavy atom. The lowest BCUT2D eigenvalue weighted by Gasteiger charge is -2.16. The van der Waals surface area contributed by atoms with Gasteiger partial charge in [-0.15, -0.1) is 0 Å². The number of aromatic nitrogens is 1. The Balaban J connectivity index is 2.32. The van der Waals surface area contributed by atoms with Crippen molar-refractivity contribution in [1.82, 2.24) is 9.47 Å². The van der Waals surface area contributed by atoms with Crippen LogP contribution in [-0.2, 0) is 11.3 Å². The first-order valence-corrected chi connectivity index (χ1v) is 9.26.